The quantitative estimate of drug-likeness (QED) is 0.421. The summed E-state index contributed by atoms with van der Waals surface area (Å²) in [6.07, 6.45) is 1.06. The van der Waals surface area contributed by atoms with Crippen LogP contribution in [0.2, 0.25) is 0 Å². The van der Waals surface area contributed by atoms with Gasteiger partial charge in [-0.05, 0) is 13.8 Å². The molecule has 3 N–H and O–H groups in total. The minimum Gasteiger partial charge on any atom is -0.478 e. The van der Waals surface area contributed by atoms with Crippen LogP contribution in [0, 0.1) is 0 Å². The Bertz CT molecular complexity index is 498. The molecule has 0 aromatic heterocycles. The Labute approximate surface area is 151 Å². The first-order valence-electron chi connectivity index (χ1n) is 6.93. The number of carboxylic acids is 2. The summed E-state index contributed by atoms with van der Waals surface area (Å²) in [7, 11) is 0. The van der Waals surface area contributed by atoms with Crippen LogP contribution in [0.25, 0.3) is 0 Å². The Morgan fingerprint density at radius 1 is 0.923 bits per heavy atom. The number of carbonyl (C=O) groups is 4. The average molecular weight is 372 g/mol. The van der Waals surface area contributed by atoms with Crippen molar-refractivity contribution in [1.29, 1.82) is 0 Å². The molecule has 146 valence electrons. The summed E-state index contributed by atoms with van der Waals surface area (Å²) < 4.78 is 9.19. The molecular formula is C17H24O9. The maximum atomic E-state index is 10.7. The fourth-order valence-corrected chi connectivity index (χ4v) is 0.570. The molecule has 9 heteroatoms. The zero-order chi connectivity index (χ0) is 21.3. The zero-order valence-corrected chi connectivity index (χ0v) is 14.8. The molecule has 0 spiro atoms. The number of aliphatic carboxylic acids is 2. The Morgan fingerprint density at radius 2 is 1.27 bits per heavy atom. The lowest BCUT2D eigenvalue weighted by molar-refractivity contribution is -0.154. The van der Waals surface area contributed by atoms with Crippen molar-refractivity contribution in [2.45, 2.75) is 20.0 Å². The summed E-state index contributed by atoms with van der Waals surface area (Å²) in [5.41, 5.74) is 0.352. The van der Waals surface area contributed by atoms with Crippen molar-refractivity contribution in [3.8, 4) is 0 Å². The molecule has 26 heavy (non-hydrogen) atoms. The minimum absolute atomic E-state index is 0.176. The highest BCUT2D eigenvalue weighted by molar-refractivity contribution is 5.85. The Hall–Kier alpha value is -3.20. The van der Waals surface area contributed by atoms with E-state index in [1.807, 2.05) is 0 Å². The van der Waals surface area contributed by atoms with Gasteiger partial charge in [0.1, 0.15) is 6.61 Å². The van der Waals surface area contributed by atoms with E-state index in [9.17, 15) is 19.2 Å². The first-order chi connectivity index (χ1) is 11.9. The molecule has 0 aromatic carbocycles. The monoisotopic (exact) mass is 372 g/mol. The maximum Gasteiger partial charge on any atom is 0.330 e. The van der Waals surface area contributed by atoms with E-state index in [2.05, 4.69) is 35.8 Å². The van der Waals surface area contributed by atoms with Gasteiger partial charge in [-0.25, -0.2) is 19.2 Å². The number of hydrogen-bond acceptors (Lipinski definition) is 7. The third-order valence-corrected chi connectivity index (χ3v) is 1.96. The third kappa shape index (κ3) is 20.8. The van der Waals surface area contributed by atoms with Crippen molar-refractivity contribution in [1.82, 2.24) is 0 Å². The van der Waals surface area contributed by atoms with Gasteiger partial charge in [0.2, 0.25) is 0 Å². The van der Waals surface area contributed by atoms with Crippen LogP contribution < -0.4 is 0 Å². The molecule has 0 fully saturated rings. The van der Waals surface area contributed by atoms with Crippen LogP contribution in [0.1, 0.15) is 13.8 Å². The predicted octanol–water partition coefficient (Wildman–Crippen LogP) is 1.10. The molecule has 0 saturated heterocycles. The van der Waals surface area contributed by atoms with E-state index in [-0.39, 0.29) is 17.8 Å². The fourth-order valence-electron chi connectivity index (χ4n) is 0.570. The lowest BCUT2D eigenvalue weighted by atomic mass is 10.4. The molecule has 0 aliphatic rings. The number of carbonyl (C=O) groups excluding carboxylic acids is 2. The Morgan fingerprint density at radius 3 is 1.50 bits per heavy atom. The van der Waals surface area contributed by atoms with Crippen molar-refractivity contribution in [3.63, 3.8) is 0 Å². The van der Waals surface area contributed by atoms with Gasteiger partial charge < -0.3 is 24.8 Å². The van der Waals surface area contributed by atoms with Gasteiger partial charge in [0.25, 0.3) is 0 Å². The lowest BCUT2D eigenvalue weighted by Gasteiger charge is -2.13. The molecule has 9 nitrogen and oxygen atoms in total. The number of hydrogen-bond donors (Lipinski definition) is 3. The molecule has 0 rings (SSSR count). The van der Waals surface area contributed by atoms with Crippen LogP contribution in [0.5, 0.6) is 0 Å². The van der Waals surface area contributed by atoms with Crippen molar-refractivity contribution in [3.05, 3.63) is 49.6 Å². The third-order valence-electron chi connectivity index (χ3n) is 1.96. The van der Waals surface area contributed by atoms with Crippen LogP contribution >= 0.6 is 0 Å². The van der Waals surface area contributed by atoms with E-state index >= 15 is 0 Å². The van der Waals surface area contributed by atoms with Crippen LogP contribution in [-0.2, 0) is 28.7 Å². The van der Waals surface area contributed by atoms with Gasteiger partial charge in [0.05, 0.1) is 6.61 Å². The topological polar surface area (TPSA) is 147 Å². The van der Waals surface area contributed by atoms with E-state index < -0.39 is 36.6 Å². The summed E-state index contributed by atoms with van der Waals surface area (Å²) >= 11 is 0. The smallest absolute Gasteiger partial charge is 0.330 e. The summed E-state index contributed by atoms with van der Waals surface area (Å²) in [6.45, 7) is 14.9. The van der Waals surface area contributed by atoms with Gasteiger partial charge in [-0.1, -0.05) is 26.3 Å². The van der Waals surface area contributed by atoms with Crippen LogP contribution in [0.4, 0.5) is 0 Å². The first-order valence-corrected chi connectivity index (χ1v) is 6.93. The van der Waals surface area contributed by atoms with Gasteiger partial charge in [-0.2, -0.15) is 0 Å². The predicted molar refractivity (Wildman–Crippen MR) is 93.2 cm³/mol. The zero-order valence-electron chi connectivity index (χ0n) is 14.8. The minimum atomic E-state index is -0.935. The van der Waals surface area contributed by atoms with E-state index in [4.69, 9.17) is 15.3 Å². The highest BCUT2D eigenvalue weighted by atomic mass is 16.6. The van der Waals surface area contributed by atoms with Crippen molar-refractivity contribution < 1.29 is 44.0 Å². The van der Waals surface area contributed by atoms with Gasteiger partial charge >= 0.3 is 23.9 Å². The summed E-state index contributed by atoms with van der Waals surface area (Å²) in [4.78, 5) is 40.5. The molecule has 1 atom stereocenters. The second-order valence-corrected chi connectivity index (χ2v) is 4.45. The number of carboxylic acid groups (broad SMARTS) is 2. The summed E-state index contributed by atoms with van der Waals surface area (Å²) in [5, 5.41) is 24.5. The highest BCUT2D eigenvalue weighted by Crippen LogP contribution is 1.95. The molecule has 0 radical (unpaired) electrons. The Kier molecular flexibility index (Phi) is 17.7. The first kappa shape index (κ1) is 27.6. The molecule has 0 heterocycles. The molecule has 1 unspecified atom stereocenters. The van der Waals surface area contributed by atoms with E-state index in [1.165, 1.54) is 13.8 Å². The van der Waals surface area contributed by atoms with Crippen LogP contribution in [0.3, 0.4) is 0 Å². The lowest BCUT2D eigenvalue weighted by Crippen LogP contribution is -2.27. The van der Waals surface area contributed by atoms with Gasteiger partial charge in [0, 0.05) is 23.3 Å². The number of rotatable bonds is 8. The number of aliphatic hydroxyl groups excluding tert-OH is 1. The molecule has 0 aliphatic carbocycles. The number of ether oxygens (including phenoxy) is 2. The van der Waals surface area contributed by atoms with Crippen LogP contribution in [0.15, 0.2) is 49.6 Å². The van der Waals surface area contributed by atoms with Crippen molar-refractivity contribution in [2.75, 3.05) is 13.2 Å². The molecule has 0 amide bonds. The van der Waals surface area contributed by atoms with Gasteiger partial charge in [-0.3, -0.25) is 0 Å². The van der Waals surface area contributed by atoms with Gasteiger partial charge in [-0.15, -0.1) is 0 Å². The second kappa shape index (κ2) is 16.7. The summed E-state index contributed by atoms with van der Waals surface area (Å²) in [6, 6.07) is 0. The van der Waals surface area contributed by atoms with Crippen LogP contribution in [-0.4, -0.2) is 58.5 Å². The molecule has 0 aromatic rings. The number of aliphatic hydroxyl groups is 1. The second-order valence-electron chi connectivity index (χ2n) is 4.45. The molecule has 0 bridgehead atoms. The Balaban J connectivity index is -0.000000364. The average Bonchev–Trinajstić information content (AvgIpc) is 2.58. The molecular weight excluding hydrogens is 348 g/mol. The van der Waals surface area contributed by atoms with E-state index in [1.54, 1.807) is 0 Å². The summed E-state index contributed by atoms with van der Waals surface area (Å²) in [5.74, 6) is -3.19. The van der Waals surface area contributed by atoms with E-state index in [0.29, 0.717) is 0 Å². The highest BCUT2D eigenvalue weighted by Gasteiger charge is 2.13. The van der Waals surface area contributed by atoms with Crippen molar-refractivity contribution >= 4 is 23.9 Å². The van der Waals surface area contributed by atoms with E-state index in [0.717, 1.165) is 12.2 Å². The number of esters is 2. The largest absolute Gasteiger partial charge is 0.478 e. The SMILES string of the molecule is C=C(C)C(=O)O.C=C(C)C(=O)O.C=CC(=O)OCC(CO)OC(=O)C=C. The standard InChI is InChI=1S/C9H12O5.2C4H6O2/c1-3-8(11)13-6-7(5-10)14-9(12)4-2;2*1-3(2)4(5)6/h3-4,7,10H,1-2,5-6H2;2*1H2,2H3,(H,5,6). The normalized spacial score (nSPS) is 9.50. The van der Waals surface area contributed by atoms with Crippen molar-refractivity contribution in [2.24, 2.45) is 0 Å². The fraction of sp³-hybridized carbons (Fsp3) is 0.294. The molecule has 0 aliphatic heterocycles. The molecule has 0 saturated carbocycles. The van der Waals surface area contributed by atoms with Gasteiger partial charge in [0.15, 0.2) is 6.10 Å². The maximum absolute atomic E-state index is 10.7.